The SMILES string of the molecule is CC[C@@H](C)[S@](=N)(=O)CC. The first-order valence-corrected chi connectivity index (χ1v) is 5.09. The first kappa shape index (κ1) is 8.95. The molecule has 0 radical (unpaired) electrons. The number of rotatable bonds is 3. The van der Waals surface area contributed by atoms with Gasteiger partial charge in [0.1, 0.15) is 0 Å². The van der Waals surface area contributed by atoms with Crippen molar-refractivity contribution in [2.45, 2.75) is 32.4 Å². The van der Waals surface area contributed by atoms with E-state index in [0.717, 1.165) is 6.42 Å². The van der Waals surface area contributed by atoms with Gasteiger partial charge in [0.05, 0.1) is 0 Å². The molecule has 0 bridgehead atoms. The minimum absolute atomic E-state index is 0.0579. The second-order valence-electron chi connectivity index (χ2n) is 2.23. The van der Waals surface area contributed by atoms with Gasteiger partial charge in [-0.05, 0) is 13.3 Å². The van der Waals surface area contributed by atoms with Crippen LogP contribution in [0.2, 0.25) is 0 Å². The van der Waals surface area contributed by atoms with E-state index in [2.05, 4.69) is 0 Å². The Labute approximate surface area is 57.6 Å². The van der Waals surface area contributed by atoms with E-state index in [9.17, 15) is 4.21 Å². The molecule has 2 nitrogen and oxygen atoms in total. The summed E-state index contributed by atoms with van der Waals surface area (Å²) < 4.78 is 18.5. The van der Waals surface area contributed by atoms with E-state index in [1.807, 2.05) is 20.8 Å². The number of hydrogen-bond donors (Lipinski definition) is 1. The van der Waals surface area contributed by atoms with Gasteiger partial charge in [-0.25, -0.2) is 4.21 Å². The molecular weight excluding hydrogens is 134 g/mol. The smallest absolute Gasteiger partial charge is 0.0465 e. The maximum Gasteiger partial charge on any atom is 0.0465 e. The standard InChI is InChI=1S/C6H15NOS/c1-4-6(3)9(7,8)5-2/h6-7H,4-5H2,1-3H3/t6-,9-/m1/s1. The first-order valence-electron chi connectivity index (χ1n) is 3.29. The van der Waals surface area contributed by atoms with Crippen LogP contribution in [-0.4, -0.2) is 15.2 Å². The molecule has 0 aromatic carbocycles. The molecule has 0 unspecified atom stereocenters. The maximum atomic E-state index is 11.2. The summed E-state index contributed by atoms with van der Waals surface area (Å²) in [5.41, 5.74) is 0. The molecule has 2 atom stereocenters. The quantitative estimate of drug-likeness (QED) is 0.653. The molecule has 0 saturated heterocycles. The molecule has 0 aromatic heterocycles. The number of hydrogen-bond acceptors (Lipinski definition) is 2. The van der Waals surface area contributed by atoms with E-state index >= 15 is 0 Å². The minimum atomic E-state index is -2.25. The molecule has 1 N–H and O–H groups in total. The molecule has 0 heterocycles. The summed E-state index contributed by atoms with van der Waals surface area (Å²) >= 11 is 0. The molecule has 0 aromatic rings. The Morgan fingerprint density at radius 2 is 2.00 bits per heavy atom. The van der Waals surface area contributed by atoms with Crippen LogP contribution in [0, 0.1) is 4.78 Å². The van der Waals surface area contributed by atoms with Crippen molar-refractivity contribution in [2.75, 3.05) is 5.75 Å². The maximum absolute atomic E-state index is 11.2. The normalized spacial score (nSPS) is 20.8. The Kier molecular flexibility index (Phi) is 3.18. The summed E-state index contributed by atoms with van der Waals surface area (Å²) in [6.07, 6.45) is 0.843. The van der Waals surface area contributed by atoms with E-state index in [0.29, 0.717) is 5.75 Å². The lowest BCUT2D eigenvalue weighted by molar-refractivity contribution is 0.661. The zero-order valence-electron chi connectivity index (χ0n) is 6.31. The second kappa shape index (κ2) is 3.20. The van der Waals surface area contributed by atoms with E-state index in [1.165, 1.54) is 0 Å². The Hall–Kier alpha value is -0.0500. The topological polar surface area (TPSA) is 40.9 Å². The summed E-state index contributed by atoms with van der Waals surface area (Å²) in [5, 5.41) is 0.0579. The fraction of sp³-hybridized carbons (Fsp3) is 1.00. The van der Waals surface area contributed by atoms with Gasteiger partial charge in [0.25, 0.3) is 0 Å². The third-order valence-electron chi connectivity index (χ3n) is 1.65. The van der Waals surface area contributed by atoms with Crippen molar-refractivity contribution in [3.63, 3.8) is 0 Å². The highest BCUT2D eigenvalue weighted by Crippen LogP contribution is 2.05. The molecule has 0 rings (SSSR count). The van der Waals surface area contributed by atoms with Crippen molar-refractivity contribution in [3.8, 4) is 0 Å². The van der Waals surface area contributed by atoms with Crippen LogP contribution in [0.3, 0.4) is 0 Å². The van der Waals surface area contributed by atoms with Crippen LogP contribution in [0.1, 0.15) is 27.2 Å². The minimum Gasteiger partial charge on any atom is -0.253 e. The Bertz CT molecular complexity index is 160. The first-order chi connectivity index (χ1) is 4.04. The highest BCUT2D eigenvalue weighted by atomic mass is 32.2. The van der Waals surface area contributed by atoms with Crippen molar-refractivity contribution in [1.29, 1.82) is 4.78 Å². The lowest BCUT2D eigenvalue weighted by Crippen LogP contribution is -2.16. The fourth-order valence-electron chi connectivity index (χ4n) is 0.554. The largest absolute Gasteiger partial charge is 0.253 e. The summed E-state index contributed by atoms with van der Waals surface area (Å²) in [4.78, 5) is 0. The molecule has 0 aliphatic heterocycles. The zero-order valence-corrected chi connectivity index (χ0v) is 7.12. The summed E-state index contributed by atoms with van der Waals surface area (Å²) in [7, 11) is -2.25. The Morgan fingerprint density at radius 1 is 1.56 bits per heavy atom. The molecule has 0 spiro atoms. The van der Waals surface area contributed by atoms with Gasteiger partial charge in [-0.15, -0.1) is 0 Å². The van der Waals surface area contributed by atoms with Gasteiger partial charge in [0.2, 0.25) is 0 Å². The predicted octanol–water partition coefficient (Wildman–Crippen LogP) is 1.85. The van der Waals surface area contributed by atoms with Crippen molar-refractivity contribution in [3.05, 3.63) is 0 Å². The van der Waals surface area contributed by atoms with E-state index < -0.39 is 9.73 Å². The highest BCUT2D eigenvalue weighted by molar-refractivity contribution is 7.92. The van der Waals surface area contributed by atoms with E-state index in [-0.39, 0.29) is 5.25 Å². The second-order valence-corrected chi connectivity index (χ2v) is 5.07. The third kappa shape index (κ3) is 2.35. The van der Waals surface area contributed by atoms with Crippen molar-refractivity contribution in [2.24, 2.45) is 0 Å². The predicted molar refractivity (Wildman–Crippen MR) is 41.2 cm³/mol. The van der Waals surface area contributed by atoms with Gasteiger partial charge in [0, 0.05) is 20.7 Å². The monoisotopic (exact) mass is 149 g/mol. The molecular formula is C6H15NOS. The van der Waals surface area contributed by atoms with Gasteiger partial charge in [-0.1, -0.05) is 13.8 Å². The fourth-order valence-corrected chi connectivity index (χ4v) is 1.66. The van der Waals surface area contributed by atoms with Crippen molar-refractivity contribution >= 4 is 9.73 Å². The molecule has 0 amide bonds. The third-order valence-corrected chi connectivity index (χ3v) is 4.14. The zero-order chi connectivity index (χ0) is 7.49. The van der Waals surface area contributed by atoms with Gasteiger partial charge in [-0.2, -0.15) is 0 Å². The van der Waals surface area contributed by atoms with Gasteiger partial charge in [-0.3, -0.25) is 4.78 Å². The van der Waals surface area contributed by atoms with Crippen LogP contribution >= 0.6 is 0 Å². The molecule has 0 aliphatic rings. The van der Waals surface area contributed by atoms with Gasteiger partial charge >= 0.3 is 0 Å². The summed E-state index contributed by atoms with van der Waals surface area (Å²) in [5.74, 6) is 0.488. The van der Waals surface area contributed by atoms with E-state index in [1.54, 1.807) is 0 Å². The van der Waals surface area contributed by atoms with E-state index in [4.69, 9.17) is 4.78 Å². The molecule has 56 valence electrons. The average Bonchev–Trinajstić information content (AvgIpc) is 1.86. The molecule has 0 fully saturated rings. The van der Waals surface area contributed by atoms with Crippen LogP contribution in [0.5, 0.6) is 0 Å². The summed E-state index contributed by atoms with van der Waals surface area (Å²) in [6.45, 7) is 5.65. The van der Waals surface area contributed by atoms with Crippen LogP contribution in [0.15, 0.2) is 0 Å². The van der Waals surface area contributed by atoms with Crippen LogP contribution in [0.4, 0.5) is 0 Å². The van der Waals surface area contributed by atoms with Gasteiger partial charge in [0.15, 0.2) is 0 Å². The van der Waals surface area contributed by atoms with Crippen LogP contribution in [0.25, 0.3) is 0 Å². The van der Waals surface area contributed by atoms with Crippen molar-refractivity contribution in [1.82, 2.24) is 0 Å². The van der Waals surface area contributed by atoms with Crippen molar-refractivity contribution < 1.29 is 4.21 Å². The Morgan fingerprint density at radius 3 is 2.11 bits per heavy atom. The average molecular weight is 149 g/mol. The molecule has 0 aliphatic carbocycles. The summed E-state index contributed by atoms with van der Waals surface area (Å²) in [6, 6.07) is 0. The van der Waals surface area contributed by atoms with Crippen LogP contribution in [-0.2, 0) is 9.73 Å². The highest BCUT2D eigenvalue weighted by Gasteiger charge is 2.10. The molecule has 0 saturated carbocycles. The molecule has 9 heavy (non-hydrogen) atoms. The number of nitrogens with one attached hydrogen (secondary N) is 1. The van der Waals surface area contributed by atoms with Crippen LogP contribution < -0.4 is 0 Å². The lowest BCUT2D eigenvalue weighted by Gasteiger charge is -2.10. The molecule has 3 heteroatoms. The van der Waals surface area contributed by atoms with Gasteiger partial charge < -0.3 is 0 Å². The Balaban J connectivity index is 4.17. The lowest BCUT2D eigenvalue weighted by atomic mass is 10.4.